The molecule has 1 saturated heterocycles. The summed E-state index contributed by atoms with van der Waals surface area (Å²) < 4.78 is 5.74. The van der Waals surface area contributed by atoms with Crippen LogP contribution in [-0.2, 0) is 11.3 Å². The molecule has 1 N–H and O–H groups in total. The van der Waals surface area contributed by atoms with Crippen molar-refractivity contribution < 1.29 is 14.5 Å². The fourth-order valence-electron chi connectivity index (χ4n) is 3.22. The van der Waals surface area contributed by atoms with Gasteiger partial charge in [-0.3, -0.25) is 25.1 Å². The van der Waals surface area contributed by atoms with E-state index in [1.807, 2.05) is 5.38 Å². The number of carbonyl (C=O) groups excluding carboxylic acids is 1. The standard InChI is InChI=1S/C18H22N4O4S2/c1-11-7-21(8-12(2)26-11)9-14-10-28-18(19-14)20-17(23)13-4-5-16(27-3)15(6-13)22(24)25/h4-6,10-12H,7-9H2,1-3H3,(H,19,20,23)/t11-,12-/m1/s1. The second-order valence-corrected chi connectivity index (χ2v) is 8.40. The molecule has 3 rings (SSSR count). The number of amides is 1. The summed E-state index contributed by atoms with van der Waals surface area (Å²) in [6.07, 6.45) is 2.12. The Labute approximate surface area is 171 Å². The van der Waals surface area contributed by atoms with E-state index in [9.17, 15) is 14.9 Å². The van der Waals surface area contributed by atoms with Gasteiger partial charge in [-0.1, -0.05) is 0 Å². The molecule has 1 fully saturated rings. The number of aromatic nitrogens is 1. The molecule has 1 amide bonds. The quantitative estimate of drug-likeness (QED) is 0.431. The highest BCUT2D eigenvalue weighted by Gasteiger charge is 2.23. The second-order valence-electron chi connectivity index (χ2n) is 6.69. The molecule has 0 spiro atoms. The highest BCUT2D eigenvalue weighted by molar-refractivity contribution is 7.98. The van der Waals surface area contributed by atoms with Crippen molar-refractivity contribution in [2.24, 2.45) is 0 Å². The van der Waals surface area contributed by atoms with E-state index in [1.54, 1.807) is 18.4 Å². The van der Waals surface area contributed by atoms with Crippen molar-refractivity contribution in [3.8, 4) is 0 Å². The number of morpholine rings is 1. The first-order valence-electron chi connectivity index (χ1n) is 8.81. The Morgan fingerprint density at radius 2 is 2.14 bits per heavy atom. The number of nitrogens with one attached hydrogen (secondary N) is 1. The number of anilines is 1. The topological polar surface area (TPSA) is 97.6 Å². The molecule has 1 aromatic heterocycles. The lowest BCUT2D eigenvalue weighted by Gasteiger charge is -2.34. The number of nitrogens with zero attached hydrogens (tertiary/aromatic N) is 3. The van der Waals surface area contributed by atoms with Gasteiger partial charge in [-0.15, -0.1) is 23.1 Å². The smallest absolute Gasteiger partial charge is 0.283 e. The minimum Gasteiger partial charge on any atom is -0.373 e. The number of nitro groups is 1. The highest BCUT2D eigenvalue weighted by Crippen LogP contribution is 2.29. The van der Waals surface area contributed by atoms with Gasteiger partial charge in [0.05, 0.1) is 27.7 Å². The molecule has 8 nitrogen and oxygen atoms in total. The number of hydrogen-bond donors (Lipinski definition) is 1. The number of benzene rings is 1. The lowest BCUT2D eigenvalue weighted by molar-refractivity contribution is -0.387. The molecule has 0 bridgehead atoms. The molecule has 2 heterocycles. The first-order chi connectivity index (χ1) is 13.4. The molecular weight excluding hydrogens is 400 g/mol. The first kappa shape index (κ1) is 20.7. The molecule has 0 radical (unpaired) electrons. The third-order valence-corrected chi connectivity index (χ3v) is 5.88. The molecule has 0 unspecified atom stereocenters. The van der Waals surface area contributed by atoms with Gasteiger partial charge >= 0.3 is 0 Å². The van der Waals surface area contributed by atoms with Gasteiger partial charge in [-0.25, -0.2) is 4.98 Å². The predicted octanol–water partition coefficient (Wildman–Crippen LogP) is 3.63. The maximum Gasteiger partial charge on any atom is 0.283 e. The van der Waals surface area contributed by atoms with Crippen LogP contribution in [0.1, 0.15) is 29.9 Å². The zero-order valence-corrected chi connectivity index (χ0v) is 17.5. The Morgan fingerprint density at radius 3 is 2.79 bits per heavy atom. The average molecular weight is 423 g/mol. The van der Waals surface area contributed by atoms with Crippen molar-refractivity contribution in [2.75, 3.05) is 24.7 Å². The summed E-state index contributed by atoms with van der Waals surface area (Å²) in [7, 11) is 0. The van der Waals surface area contributed by atoms with Gasteiger partial charge in [-0.05, 0) is 32.2 Å². The number of nitro benzene ring substituents is 1. The van der Waals surface area contributed by atoms with Crippen molar-refractivity contribution in [2.45, 2.75) is 37.5 Å². The predicted molar refractivity (Wildman–Crippen MR) is 110 cm³/mol. The summed E-state index contributed by atoms with van der Waals surface area (Å²) in [5.74, 6) is -0.412. The summed E-state index contributed by atoms with van der Waals surface area (Å²) in [5.41, 5.74) is 1.04. The Kier molecular flexibility index (Phi) is 6.65. The van der Waals surface area contributed by atoms with Crippen LogP contribution in [0.2, 0.25) is 0 Å². The molecule has 0 saturated carbocycles. The highest BCUT2D eigenvalue weighted by atomic mass is 32.2. The molecule has 1 aromatic carbocycles. The molecule has 150 valence electrons. The number of ether oxygens (including phenoxy) is 1. The van der Waals surface area contributed by atoms with Crippen LogP contribution in [0.5, 0.6) is 0 Å². The van der Waals surface area contributed by atoms with E-state index in [1.165, 1.54) is 29.2 Å². The fraction of sp³-hybridized carbons (Fsp3) is 0.444. The van der Waals surface area contributed by atoms with Crippen LogP contribution >= 0.6 is 23.1 Å². The SMILES string of the molecule is CSc1ccc(C(=O)Nc2nc(CN3C[C@@H](C)O[C@H](C)C3)cs2)cc1[N+](=O)[O-]. The number of rotatable bonds is 6. The summed E-state index contributed by atoms with van der Waals surface area (Å²) in [4.78, 5) is 30.5. The lowest BCUT2D eigenvalue weighted by atomic mass is 10.2. The van der Waals surface area contributed by atoms with Crippen molar-refractivity contribution in [1.82, 2.24) is 9.88 Å². The van der Waals surface area contributed by atoms with Gasteiger partial charge in [0.1, 0.15) is 0 Å². The lowest BCUT2D eigenvalue weighted by Crippen LogP contribution is -2.44. The van der Waals surface area contributed by atoms with Gasteiger partial charge < -0.3 is 4.74 Å². The van der Waals surface area contributed by atoms with Crippen LogP contribution in [-0.4, -0.2) is 52.3 Å². The second kappa shape index (κ2) is 8.99. The maximum absolute atomic E-state index is 12.5. The fourth-order valence-corrected chi connectivity index (χ4v) is 4.47. The van der Waals surface area contributed by atoms with E-state index in [2.05, 4.69) is 29.0 Å². The largest absolute Gasteiger partial charge is 0.373 e. The summed E-state index contributed by atoms with van der Waals surface area (Å²) >= 11 is 2.61. The first-order valence-corrected chi connectivity index (χ1v) is 10.9. The third-order valence-electron chi connectivity index (χ3n) is 4.29. The normalized spacial score (nSPS) is 20.1. The molecule has 10 heteroatoms. The van der Waals surface area contributed by atoms with E-state index in [0.717, 1.165) is 18.8 Å². The molecule has 1 aliphatic heterocycles. The Balaban J connectivity index is 1.65. The van der Waals surface area contributed by atoms with Crippen LogP contribution in [0, 0.1) is 10.1 Å². The van der Waals surface area contributed by atoms with Gasteiger partial charge in [0.15, 0.2) is 5.13 Å². The summed E-state index contributed by atoms with van der Waals surface area (Å²) in [6, 6.07) is 4.47. The minimum atomic E-state index is -0.478. The van der Waals surface area contributed by atoms with Crippen LogP contribution in [0.25, 0.3) is 0 Å². The van der Waals surface area contributed by atoms with Gasteiger partial charge in [0.25, 0.3) is 11.6 Å². The number of hydrogen-bond acceptors (Lipinski definition) is 8. The zero-order valence-electron chi connectivity index (χ0n) is 15.9. The zero-order chi connectivity index (χ0) is 20.3. The van der Waals surface area contributed by atoms with E-state index in [4.69, 9.17) is 4.74 Å². The van der Waals surface area contributed by atoms with Crippen LogP contribution in [0.3, 0.4) is 0 Å². The van der Waals surface area contributed by atoms with Crippen LogP contribution in [0.15, 0.2) is 28.5 Å². The van der Waals surface area contributed by atoms with Gasteiger partial charge in [0.2, 0.25) is 0 Å². The number of thiazole rings is 1. The van der Waals surface area contributed by atoms with E-state index < -0.39 is 10.8 Å². The Bertz CT molecular complexity index is 863. The van der Waals surface area contributed by atoms with Crippen molar-refractivity contribution in [1.29, 1.82) is 0 Å². The monoisotopic (exact) mass is 422 g/mol. The molecular formula is C18H22N4O4S2. The molecule has 2 aromatic rings. The minimum absolute atomic E-state index is 0.0736. The number of thioether (sulfide) groups is 1. The molecule has 2 atom stereocenters. The molecule has 28 heavy (non-hydrogen) atoms. The van der Waals surface area contributed by atoms with Crippen LogP contribution in [0.4, 0.5) is 10.8 Å². The van der Waals surface area contributed by atoms with E-state index in [0.29, 0.717) is 16.6 Å². The van der Waals surface area contributed by atoms with E-state index in [-0.39, 0.29) is 23.5 Å². The van der Waals surface area contributed by atoms with Gasteiger partial charge in [-0.2, -0.15) is 0 Å². The average Bonchev–Trinajstić information content (AvgIpc) is 3.06. The Morgan fingerprint density at radius 1 is 1.43 bits per heavy atom. The third kappa shape index (κ3) is 5.07. The van der Waals surface area contributed by atoms with E-state index >= 15 is 0 Å². The van der Waals surface area contributed by atoms with Crippen molar-refractivity contribution >= 4 is 39.8 Å². The maximum atomic E-state index is 12.5. The summed E-state index contributed by atoms with van der Waals surface area (Å²) in [5, 5.41) is 16.3. The van der Waals surface area contributed by atoms with Crippen molar-refractivity contribution in [3.05, 3.63) is 45.0 Å². The molecule has 1 aliphatic rings. The van der Waals surface area contributed by atoms with Crippen molar-refractivity contribution in [3.63, 3.8) is 0 Å². The van der Waals surface area contributed by atoms with Crippen LogP contribution < -0.4 is 5.32 Å². The number of carbonyl (C=O) groups is 1. The molecule has 0 aliphatic carbocycles. The van der Waals surface area contributed by atoms with Gasteiger partial charge in [0, 0.05) is 36.6 Å². The Hall–Kier alpha value is -2.01. The summed E-state index contributed by atoms with van der Waals surface area (Å²) in [6.45, 7) is 6.48.